The summed E-state index contributed by atoms with van der Waals surface area (Å²) in [5, 5.41) is 2.24. The van der Waals surface area contributed by atoms with E-state index in [9.17, 15) is 22.8 Å². The molecule has 0 unspecified atom stereocenters. The summed E-state index contributed by atoms with van der Waals surface area (Å²) in [5.41, 5.74) is -0.519. The van der Waals surface area contributed by atoms with Crippen LogP contribution in [0.2, 0.25) is 0 Å². The minimum Gasteiger partial charge on any atom is -0.319 e. The lowest BCUT2D eigenvalue weighted by molar-refractivity contribution is 0.102. The van der Waals surface area contributed by atoms with E-state index in [0.29, 0.717) is 11.6 Å². The molecule has 0 aliphatic rings. The lowest BCUT2D eigenvalue weighted by atomic mass is 10.2. The summed E-state index contributed by atoms with van der Waals surface area (Å²) in [4.78, 5) is 24.8. The van der Waals surface area contributed by atoms with Crippen LogP contribution in [0.4, 0.5) is 18.9 Å². The number of pyridine rings is 1. The molecule has 0 bridgehead atoms. The van der Waals surface area contributed by atoms with Gasteiger partial charge in [-0.25, -0.2) is 13.2 Å². The summed E-state index contributed by atoms with van der Waals surface area (Å²) in [6, 6.07) is 11.2. The highest BCUT2D eigenvalue weighted by molar-refractivity contribution is 6.04. The Morgan fingerprint density at radius 1 is 0.962 bits per heavy atom. The molecule has 1 heterocycles. The Morgan fingerprint density at radius 2 is 1.73 bits per heavy atom. The number of nitrogens with one attached hydrogen (secondary N) is 1. The minimum absolute atomic E-state index is 0.0720. The van der Waals surface area contributed by atoms with E-state index < -0.39 is 28.9 Å². The largest absolute Gasteiger partial charge is 0.319 e. The number of aromatic nitrogens is 1. The molecule has 0 atom stereocenters. The van der Waals surface area contributed by atoms with Gasteiger partial charge in [0.05, 0.1) is 12.2 Å². The fourth-order valence-electron chi connectivity index (χ4n) is 2.45. The fourth-order valence-corrected chi connectivity index (χ4v) is 2.45. The molecule has 3 rings (SSSR count). The summed E-state index contributed by atoms with van der Waals surface area (Å²) >= 11 is 0. The molecule has 26 heavy (non-hydrogen) atoms. The van der Waals surface area contributed by atoms with Crippen molar-refractivity contribution in [1.29, 1.82) is 0 Å². The maximum atomic E-state index is 13.7. The quantitative estimate of drug-likeness (QED) is 0.775. The van der Waals surface area contributed by atoms with Crippen LogP contribution in [0.5, 0.6) is 0 Å². The number of benzene rings is 2. The summed E-state index contributed by atoms with van der Waals surface area (Å²) in [7, 11) is 0. The van der Waals surface area contributed by atoms with Gasteiger partial charge in [0.2, 0.25) is 0 Å². The van der Waals surface area contributed by atoms with Gasteiger partial charge < -0.3 is 9.88 Å². The van der Waals surface area contributed by atoms with Crippen molar-refractivity contribution in [3.8, 4) is 0 Å². The first-order valence-electron chi connectivity index (χ1n) is 7.64. The van der Waals surface area contributed by atoms with Crippen LogP contribution in [-0.4, -0.2) is 10.5 Å². The molecule has 0 saturated carbocycles. The fraction of sp³-hybridized carbons (Fsp3) is 0.0526. The maximum absolute atomic E-state index is 13.7. The van der Waals surface area contributed by atoms with Crippen LogP contribution in [0.25, 0.3) is 0 Å². The second kappa shape index (κ2) is 7.26. The second-order valence-electron chi connectivity index (χ2n) is 5.56. The molecular formula is C19H13F3N2O2. The van der Waals surface area contributed by atoms with Gasteiger partial charge in [-0.2, -0.15) is 0 Å². The van der Waals surface area contributed by atoms with Crippen molar-refractivity contribution in [2.45, 2.75) is 6.54 Å². The topological polar surface area (TPSA) is 51.1 Å². The molecule has 7 heteroatoms. The van der Waals surface area contributed by atoms with E-state index >= 15 is 0 Å². The molecule has 0 aliphatic heterocycles. The molecule has 0 saturated heterocycles. The van der Waals surface area contributed by atoms with E-state index in [4.69, 9.17) is 0 Å². The third-order valence-electron chi connectivity index (χ3n) is 3.69. The van der Waals surface area contributed by atoms with Crippen LogP contribution >= 0.6 is 0 Å². The molecule has 0 fully saturated rings. The Kier molecular flexibility index (Phi) is 4.88. The number of anilines is 1. The number of amides is 1. The SMILES string of the molecule is O=C(Nc1ccc(F)cc1F)c1cccn(Cc2cccc(F)c2)c1=O. The Hall–Kier alpha value is -3.35. The second-order valence-corrected chi connectivity index (χ2v) is 5.56. The number of rotatable bonds is 4. The van der Waals surface area contributed by atoms with Crippen molar-refractivity contribution >= 4 is 11.6 Å². The van der Waals surface area contributed by atoms with Gasteiger partial charge in [-0.3, -0.25) is 9.59 Å². The van der Waals surface area contributed by atoms with Crippen molar-refractivity contribution < 1.29 is 18.0 Å². The Labute approximate surface area is 146 Å². The first-order chi connectivity index (χ1) is 12.4. The molecule has 2 aromatic carbocycles. The van der Waals surface area contributed by atoms with Gasteiger partial charge in [0, 0.05) is 12.3 Å². The van der Waals surface area contributed by atoms with Gasteiger partial charge in [0.25, 0.3) is 11.5 Å². The first-order valence-corrected chi connectivity index (χ1v) is 7.64. The predicted octanol–water partition coefficient (Wildman–Crippen LogP) is 3.57. The molecule has 4 nitrogen and oxygen atoms in total. The van der Waals surface area contributed by atoms with E-state index in [0.717, 1.165) is 12.1 Å². The monoisotopic (exact) mass is 358 g/mol. The highest BCUT2D eigenvalue weighted by Gasteiger charge is 2.15. The van der Waals surface area contributed by atoms with Crippen molar-refractivity contribution in [2.75, 3.05) is 5.32 Å². The van der Waals surface area contributed by atoms with Crippen molar-refractivity contribution in [2.24, 2.45) is 0 Å². The summed E-state index contributed by atoms with van der Waals surface area (Å²) in [6.45, 7) is 0.0720. The number of carbonyl (C=O) groups excluding carboxylic acids is 1. The van der Waals surface area contributed by atoms with Crippen LogP contribution < -0.4 is 10.9 Å². The van der Waals surface area contributed by atoms with Gasteiger partial charge >= 0.3 is 0 Å². The summed E-state index contributed by atoms with van der Waals surface area (Å²) < 4.78 is 41.1. The van der Waals surface area contributed by atoms with Crippen molar-refractivity contribution in [3.05, 3.63) is 99.7 Å². The summed E-state index contributed by atoms with van der Waals surface area (Å²) in [6.07, 6.45) is 1.46. The maximum Gasteiger partial charge on any atom is 0.263 e. The Balaban J connectivity index is 1.86. The van der Waals surface area contributed by atoms with Crippen LogP contribution in [0, 0.1) is 17.5 Å². The van der Waals surface area contributed by atoms with Crippen LogP contribution in [0.1, 0.15) is 15.9 Å². The molecule has 132 valence electrons. The number of nitrogens with zero attached hydrogens (tertiary/aromatic N) is 1. The zero-order valence-corrected chi connectivity index (χ0v) is 13.4. The molecule has 3 aromatic rings. The molecular weight excluding hydrogens is 345 g/mol. The van der Waals surface area contributed by atoms with Gasteiger partial charge in [0.15, 0.2) is 0 Å². The molecule has 1 aromatic heterocycles. The molecule has 0 spiro atoms. The Morgan fingerprint density at radius 3 is 2.46 bits per heavy atom. The standard InChI is InChI=1S/C19H13F3N2O2/c20-13-4-1-3-12(9-13)11-24-8-2-5-15(19(24)26)18(25)23-17-7-6-14(21)10-16(17)22/h1-10H,11H2,(H,23,25). The molecule has 0 aliphatic carbocycles. The van der Waals surface area contributed by atoms with Crippen molar-refractivity contribution in [1.82, 2.24) is 4.57 Å². The third-order valence-corrected chi connectivity index (χ3v) is 3.69. The van der Waals surface area contributed by atoms with E-state index in [1.807, 2.05) is 0 Å². The number of hydrogen-bond donors (Lipinski definition) is 1. The molecule has 1 amide bonds. The number of halogens is 3. The Bertz CT molecular complexity index is 1030. The number of carbonyl (C=O) groups is 1. The number of hydrogen-bond acceptors (Lipinski definition) is 2. The van der Waals surface area contributed by atoms with Crippen LogP contribution in [0.3, 0.4) is 0 Å². The molecule has 0 radical (unpaired) electrons. The van der Waals surface area contributed by atoms with Crippen molar-refractivity contribution in [3.63, 3.8) is 0 Å². The van der Waals surface area contributed by atoms with E-state index in [1.165, 1.54) is 41.1 Å². The van der Waals surface area contributed by atoms with Gasteiger partial charge in [0.1, 0.15) is 23.0 Å². The zero-order chi connectivity index (χ0) is 18.7. The van der Waals surface area contributed by atoms with Crippen LogP contribution in [0.15, 0.2) is 65.6 Å². The zero-order valence-electron chi connectivity index (χ0n) is 13.4. The predicted molar refractivity (Wildman–Crippen MR) is 90.5 cm³/mol. The van der Waals surface area contributed by atoms with E-state index in [1.54, 1.807) is 6.07 Å². The minimum atomic E-state index is -0.950. The normalized spacial score (nSPS) is 10.6. The lowest BCUT2D eigenvalue weighted by Crippen LogP contribution is -2.29. The van der Waals surface area contributed by atoms with E-state index in [-0.39, 0.29) is 17.8 Å². The average Bonchev–Trinajstić information content (AvgIpc) is 2.59. The van der Waals surface area contributed by atoms with E-state index in [2.05, 4.69) is 5.32 Å². The molecule has 1 N–H and O–H groups in total. The highest BCUT2D eigenvalue weighted by Crippen LogP contribution is 2.15. The summed E-state index contributed by atoms with van der Waals surface area (Å²) in [5.74, 6) is -2.99. The lowest BCUT2D eigenvalue weighted by Gasteiger charge is -2.09. The smallest absolute Gasteiger partial charge is 0.263 e. The van der Waals surface area contributed by atoms with Crippen LogP contribution in [-0.2, 0) is 6.54 Å². The first kappa shape index (κ1) is 17.5. The highest BCUT2D eigenvalue weighted by atomic mass is 19.1. The van der Waals surface area contributed by atoms with Gasteiger partial charge in [-0.15, -0.1) is 0 Å². The van der Waals surface area contributed by atoms with Gasteiger partial charge in [-0.1, -0.05) is 12.1 Å². The average molecular weight is 358 g/mol. The third kappa shape index (κ3) is 3.83. The van der Waals surface area contributed by atoms with Gasteiger partial charge in [-0.05, 0) is 42.0 Å².